The summed E-state index contributed by atoms with van der Waals surface area (Å²) in [6, 6.07) is 30.0. The number of fused-ring (bicyclic) bond motifs is 2. The van der Waals surface area contributed by atoms with Gasteiger partial charge in [-0.25, -0.2) is 0 Å². The lowest BCUT2D eigenvalue weighted by Gasteiger charge is -2.36. The van der Waals surface area contributed by atoms with Crippen LogP contribution in [-0.4, -0.2) is 78.0 Å². The molecular formula is C54H61BN4O7. The number of ether oxygens (including phenoxy) is 2. The second-order valence-electron chi connectivity index (χ2n) is 19.4. The fraction of sp³-hybridized carbons (Fsp3) is 0.370. The van der Waals surface area contributed by atoms with Gasteiger partial charge in [-0.15, -0.1) is 0 Å². The van der Waals surface area contributed by atoms with E-state index in [9.17, 15) is 9.59 Å². The molecule has 4 atom stereocenters. The molecule has 0 aliphatic carbocycles. The van der Waals surface area contributed by atoms with Crippen molar-refractivity contribution in [2.24, 2.45) is 0 Å². The molecule has 3 fully saturated rings. The Hall–Kier alpha value is -5.92. The highest BCUT2D eigenvalue weighted by Gasteiger charge is 2.52. The van der Waals surface area contributed by atoms with Crippen molar-refractivity contribution in [1.82, 2.24) is 9.13 Å². The van der Waals surface area contributed by atoms with Crippen LogP contribution in [-0.2, 0) is 18.8 Å². The van der Waals surface area contributed by atoms with Crippen LogP contribution in [0.4, 0.5) is 11.4 Å². The Bertz CT molecular complexity index is 2960. The third-order valence-corrected chi connectivity index (χ3v) is 13.7. The van der Waals surface area contributed by atoms with Crippen LogP contribution in [0.1, 0.15) is 66.5 Å². The van der Waals surface area contributed by atoms with Gasteiger partial charge in [0.05, 0.1) is 48.1 Å². The number of aryl methyl sites for hydroxylation is 2. The van der Waals surface area contributed by atoms with E-state index in [1.807, 2.05) is 121 Å². The Morgan fingerprint density at radius 3 is 1.42 bits per heavy atom. The number of pyridine rings is 2. The summed E-state index contributed by atoms with van der Waals surface area (Å²) in [6.07, 6.45) is 8.03. The second-order valence-corrected chi connectivity index (χ2v) is 19.4. The van der Waals surface area contributed by atoms with E-state index in [1.165, 1.54) is 0 Å². The van der Waals surface area contributed by atoms with Crippen molar-refractivity contribution in [3.8, 4) is 22.5 Å². The van der Waals surface area contributed by atoms with E-state index < -0.39 is 18.3 Å². The van der Waals surface area contributed by atoms with Crippen molar-refractivity contribution < 1.29 is 23.2 Å². The predicted octanol–water partition coefficient (Wildman–Crippen LogP) is 9.38. The summed E-state index contributed by atoms with van der Waals surface area (Å²) in [7, 11) is -0.518. The van der Waals surface area contributed by atoms with E-state index in [0.717, 1.165) is 87.4 Å². The van der Waals surface area contributed by atoms with Crippen LogP contribution < -0.4 is 26.4 Å². The van der Waals surface area contributed by atoms with Gasteiger partial charge in [0.2, 0.25) is 0 Å². The summed E-state index contributed by atoms with van der Waals surface area (Å²) in [5.74, 6) is 0. The van der Waals surface area contributed by atoms with E-state index in [0.29, 0.717) is 10.8 Å². The van der Waals surface area contributed by atoms with E-state index >= 15 is 0 Å². The number of morpholine rings is 2. The summed E-state index contributed by atoms with van der Waals surface area (Å²) in [6.45, 7) is 24.1. The number of aromatic nitrogens is 2. The van der Waals surface area contributed by atoms with Gasteiger partial charge in [0.15, 0.2) is 0 Å². The van der Waals surface area contributed by atoms with E-state index in [4.69, 9.17) is 23.2 Å². The molecule has 3 aromatic heterocycles. The van der Waals surface area contributed by atoms with Gasteiger partial charge in [0, 0.05) is 77.7 Å². The number of furan rings is 1. The van der Waals surface area contributed by atoms with Gasteiger partial charge in [-0.3, -0.25) is 18.7 Å². The Morgan fingerprint density at radius 1 is 0.545 bits per heavy atom. The molecule has 0 saturated carbocycles. The average Bonchev–Trinajstić information content (AvgIpc) is 3.90. The Labute approximate surface area is 387 Å². The molecule has 12 heteroatoms. The first-order valence-electron chi connectivity index (χ1n) is 23.2. The monoisotopic (exact) mass is 888 g/mol. The van der Waals surface area contributed by atoms with Gasteiger partial charge in [0.1, 0.15) is 0 Å². The smallest absolute Gasteiger partial charge is 0.472 e. The normalized spacial score (nSPS) is 21.6. The molecule has 66 heavy (non-hydrogen) atoms. The van der Waals surface area contributed by atoms with Crippen LogP contribution >= 0.6 is 0 Å². The molecule has 3 saturated heterocycles. The van der Waals surface area contributed by atoms with Crippen LogP contribution in [0.2, 0.25) is 0 Å². The average molecular weight is 889 g/mol. The van der Waals surface area contributed by atoms with Crippen LogP contribution in [0, 0.1) is 13.8 Å². The molecule has 3 aliphatic rings. The van der Waals surface area contributed by atoms with Gasteiger partial charge in [-0.1, -0.05) is 24.3 Å². The van der Waals surface area contributed by atoms with Crippen LogP contribution in [0.15, 0.2) is 130 Å². The van der Waals surface area contributed by atoms with Crippen molar-refractivity contribution in [2.45, 2.75) is 105 Å². The minimum Gasteiger partial charge on any atom is -0.472 e. The largest absolute Gasteiger partial charge is 0.495 e. The molecule has 0 spiro atoms. The number of benzene rings is 4. The maximum atomic E-state index is 13.6. The zero-order valence-corrected chi connectivity index (χ0v) is 39.8. The molecule has 0 N–H and O–H groups in total. The Kier molecular flexibility index (Phi) is 12.1. The molecule has 10 rings (SSSR count). The fourth-order valence-corrected chi connectivity index (χ4v) is 9.87. The molecule has 0 radical (unpaired) electrons. The third-order valence-electron chi connectivity index (χ3n) is 13.7. The minimum absolute atomic E-state index is 0.0210. The maximum Gasteiger partial charge on any atom is 0.495 e. The molecule has 6 heterocycles. The predicted molar refractivity (Wildman–Crippen MR) is 266 cm³/mol. The highest BCUT2D eigenvalue weighted by atomic mass is 16.7. The van der Waals surface area contributed by atoms with Crippen molar-refractivity contribution in [2.75, 3.05) is 36.0 Å². The highest BCUT2D eigenvalue weighted by molar-refractivity contribution is 6.65. The Morgan fingerprint density at radius 2 is 0.970 bits per heavy atom. The molecular weight excluding hydrogens is 827 g/mol. The lowest BCUT2D eigenvalue weighted by Crippen LogP contribution is -2.45. The molecule has 7 aromatic rings. The lowest BCUT2D eigenvalue weighted by atomic mass is 9.75. The quantitative estimate of drug-likeness (QED) is 0.151. The van der Waals surface area contributed by atoms with Crippen molar-refractivity contribution in [3.63, 3.8) is 0 Å². The van der Waals surface area contributed by atoms with E-state index in [1.54, 1.807) is 21.7 Å². The molecule has 0 unspecified atom stereocenters. The summed E-state index contributed by atoms with van der Waals surface area (Å²) in [5, 5.41) is 3.24. The van der Waals surface area contributed by atoms with Crippen molar-refractivity contribution in [1.29, 1.82) is 0 Å². The summed E-state index contributed by atoms with van der Waals surface area (Å²) in [5.41, 5.74) is 7.98. The van der Waals surface area contributed by atoms with Crippen LogP contribution in [0.25, 0.3) is 44.0 Å². The first kappa shape index (κ1) is 45.2. The SMILES string of the molecule is Cc1cn(-c2ccc(N3C[C@@H](C)O[C@@H](C)C3)cc2)c(=O)c2cccc(-c3ccoc3)c12.Cc1cn(-c2ccc(N3C[C@@H](C)O[C@@H](C)C3)cc2)c(=O)c2cccc(B3OC(C)(C)C(C)(C)O3)c12. The first-order valence-corrected chi connectivity index (χ1v) is 23.2. The minimum atomic E-state index is -0.518. The zero-order valence-electron chi connectivity index (χ0n) is 39.8. The number of nitrogens with zero attached hydrogens (tertiary/aromatic N) is 4. The van der Waals surface area contributed by atoms with Gasteiger partial charge in [0.25, 0.3) is 11.1 Å². The zero-order chi connectivity index (χ0) is 46.7. The fourth-order valence-electron chi connectivity index (χ4n) is 9.87. The van der Waals surface area contributed by atoms with Crippen LogP contribution in [0.5, 0.6) is 0 Å². The molecule has 0 amide bonds. The number of hydrogen-bond donors (Lipinski definition) is 0. The number of hydrogen-bond acceptors (Lipinski definition) is 9. The van der Waals surface area contributed by atoms with Crippen LogP contribution in [0.3, 0.4) is 0 Å². The number of rotatable bonds is 6. The Balaban J connectivity index is 0.000000167. The summed E-state index contributed by atoms with van der Waals surface area (Å²) in [4.78, 5) is 31.7. The summed E-state index contributed by atoms with van der Waals surface area (Å²) < 4.78 is 33.1. The van der Waals surface area contributed by atoms with Crippen molar-refractivity contribution >= 4 is 45.5 Å². The van der Waals surface area contributed by atoms with Gasteiger partial charge in [-0.05, 0) is 169 Å². The van der Waals surface area contributed by atoms with E-state index in [-0.39, 0.29) is 35.5 Å². The third kappa shape index (κ3) is 8.63. The standard InChI is InChI=1S/C28H35BN2O4.C26H26N2O3/c1-18-15-31(22-13-11-21(12-14-22)30-16-19(2)33-20(3)17-30)26(32)23-9-8-10-24(25(18)23)29-34-27(4,5)28(6,7)35-29;1-17-13-28(22-9-7-21(8-10-22)27-14-18(2)31-19(3)15-27)26(29)24-6-4-5-23(25(17)24)20-11-12-30-16-20/h8-15,19-20H,16-17H2,1-7H3;4-13,16,18-19H,14-15H2,1-3H3/t19-,20+;18-,19+. The lowest BCUT2D eigenvalue weighted by molar-refractivity contribution is -0.00548. The maximum absolute atomic E-state index is 13.6. The molecule has 0 bridgehead atoms. The first-order chi connectivity index (χ1) is 31.5. The highest BCUT2D eigenvalue weighted by Crippen LogP contribution is 2.37. The molecule has 3 aliphatic heterocycles. The topological polar surface area (TPSA) is 101 Å². The van der Waals surface area contributed by atoms with E-state index in [2.05, 4.69) is 61.8 Å². The van der Waals surface area contributed by atoms with Gasteiger partial charge in [-0.2, -0.15) is 0 Å². The van der Waals surface area contributed by atoms with Gasteiger partial charge >= 0.3 is 7.12 Å². The second kappa shape index (κ2) is 17.7. The van der Waals surface area contributed by atoms with Gasteiger partial charge < -0.3 is 33.0 Å². The molecule has 342 valence electrons. The number of anilines is 2. The van der Waals surface area contributed by atoms with Crippen molar-refractivity contribution in [3.05, 3.63) is 148 Å². The summed E-state index contributed by atoms with van der Waals surface area (Å²) >= 11 is 0. The molecule has 4 aromatic carbocycles. The molecule has 11 nitrogen and oxygen atoms in total.